The number of aromatic nitrogens is 1. The second kappa shape index (κ2) is 6.64. The molecular formula is C16H15FN2O3S3. The highest BCUT2D eigenvalue weighted by atomic mass is 32.2. The minimum atomic E-state index is -3.40. The molecule has 0 aliphatic carbocycles. The minimum absolute atomic E-state index is 0.0832. The molecule has 0 saturated carbocycles. The monoisotopic (exact) mass is 398 g/mol. The molecule has 9 heteroatoms. The lowest BCUT2D eigenvalue weighted by Crippen LogP contribution is -2.41. The molecule has 4 rings (SSSR count). The Morgan fingerprint density at radius 2 is 2.04 bits per heavy atom. The van der Waals surface area contributed by atoms with Gasteiger partial charge in [0, 0.05) is 13.1 Å². The van der Waals surface area contributed by atoms with Gasteiger partial charge in [0.15, 0.2) is 0 Å². The average molecular weight is 399 g/mol. The van der Waals surface area contributed by atoms with Crippen LogP contribution in [0.5, 0.6) is 5.19 Å². The molecule has 0 atom stereocenters. The van der Waals surface area contributed by atoms with Crippen molar-refractivity contribution in [2.75, 3.05) is 13.1 Å². The van der Waals surface area contributed by atoms with E-state index in [1.165, 1.54) is 39.1 Å². The summed E-state index contributed by atoms with van der Waals surface area (Å²) in [5.41, 5.74) is 0.708. The lowest BCUT2D eigenvalue weighted by Gasteiger charge is -2.30. The van der Waals surface area contributed by atoms with E-state index in [-0.39, 0.29) is 11.9 Å². The molecule has 132 valence electrons. The Morgan fingerprint density at radius 1 is 1.24 bits per heavy atom. The highest BCUT2D eigenvalue weighted by Crippen LogP contribution is 2.31. The molecule has 3 heterocycles. The normalized spacial score (nSPS) is 17.2. The van der Waals surface area contributed by atoms with E-state index in [0.717, 1.165) is 4.70 Å². The number of thiazole rings is 1. The second-order valence-corrected chi connectivity index (χ2v) is 9.85. The number of piperidine rings is 1. The van der Waals surface area contributed by atoms with Crippen molar-refractivity contribution < 1.29 is 17.5 Å². The second-order valence-electron chi connectivity index (χ2n) is 5.75. The summed E-state index contributed by atoms with van der Waals surface area (Å²) in [5.74, 6) is -0.296. The van der Waals surface area contributed by atoms with Gasteiger partial charge >= 0.3 is 0 Å². The van der Waals surface area contributed by atoms with Gasteiger partial charge < -0.3 is 4.74 Å². The molecule has 0 spiro atoms. The van der Waals surface area contributed by atoms with Gasteiger partial charge in [-0.25, -0.2) is 17.8 Å². The number of ether oxygens (including phenoxy) is 1. The molecule has 0 unspecified atom stereocenters. The van der Waals surface area contributed by atoms with Gasteiger partial charge in [-0.15, -0.1) is 11.3 Å². The van der Waals surface area contributed by atoms with Crippen LogP contribution in [0, 0.1) is 5.82 Å². The fraction of sp³-hybridized carbons (Fsp3) is 0.312. The molecule has 5 nitrogen and oxygen atoms in total. The largest absolute Gasteiger partial charge is 0.467 e. The van der Waals surface area contributed by atoms with E-state index in [2.05, 4.69) is 4.98 Å². The van der Waals surface area contributed by atoms with E-state index in [4.69, 9.17) is 4.74 Å². The standard InChI is InChI=1S/C16H15FN2O3S3/c17-11-3-4-13-14(10-11)24-16(18-13)22-12-5-7-19(8-6-12)25(20,21)15-2-1-9-23-15/h1-4,9-10,12H,5-8H2. The third-order valence-corrected chi connectivity index (χ3v) is 8.27. The summed E-state index contributed by atoms with van der Waals surface area (Å²) in [6, 6.07) is 7.81. The quantitative estimate of drug-likeness (QED) is 0.672. The summed E-state index contributed by atoms with van der Waals surface area (Å²) in [6.45, 7) is 0.842. The summed E-state index contributed by atoms with van der Waals surface area (Å²) < 4.78 is 46.8. The van der Waals surface area contributed by atoms with Crippen LogP contribution in [0.3, 0.4) is 0 Å². The predicted molar refractivity (Wildman–Crippen MR) is 96.3 cm³/mol. The summed E-state index contributed by atoms with van der Waals surface area (Å²) >= 11 is 2.54. The van der Waals surface area contributed by atoms with Crippen molar-refractivity contribution in [2.24, 2.45) is 0 Å². The Morgan fingerprint density at radius 3 is 2.76 bits per heavy atom. The van der Waals surface area contributed by atoms with Crippen LogP contribution in [0.1, 0.15) is 12.8 Å². The number of benzene rings is 1. The molecule has 0 amide bonds. The van der Waals surface area contributed by atoms with E-state index in [1.54, 1.807) is 23.6 Å². The minimum Gasteiger partial charge on any atom is -0.467 e. The van der Waals surface area contributed by atoms with Crippen LogP contribution in [0.25, 0.3) is 10.2 Å². The number of hydrogen-bond acceptors (Lipinski definition) is 6. The molecule has 1 saturated heterocycles. The third-order valence-electron chi connectivity index (χ3n) is 4.09. The van der Waals surface area contributed by atoms with Crippen LogP contribution in [0.2, 0.25) is 0 Å². The summed E-state index contributed by atoms with van der Waals surface area (Å²) in [5, 5.41) is 2.26. The zero-order chi connectivity index (χ0) is 17.4. The lowest BCUT2D eigenvalue weighted by atomic mass is 10.1. The molecule has 0 bridgehead atoms. The van der Waals surface area contributed by atoms with Gasteiger partial charge in [0.1, 0.15) is 16.1 Å². The first-order chi connectivity index (χ1) is 12.0. The number of fused-ring (bicyclic) bond motifs is 1. The Kier molecular flexibility index (Phi) is 4.48. The maximum atomic E-state index is 13.3. The Labute approximate surface area is 152 Å². The Balaban J connectivity index is 1.41. The van der Waals surface area contributed by atoms with Crippen LogP contribution in [-0.2, 0) is 10.0 Å². The maximum Gasteiger partial charge on any atom is 0.274 e. The van der Waals surface area contributed by atoms with E-state index in [1.807, 2.05) is 0 Å². The number of nitrogens with zero attached hydrogens (tertiary/aromatic N) is 2. The molecule has 0 N–H and O–H groups in total. The molecule has 3 aromatic rings. The number of rotatable bonds is 4. The third kappa shape index (κ3) is 3.41. The summed E-state index contributed by atoms with van der Waals surface area (Å²) in [6.07, 6.45) is 1.13. The van der Waals surface area contributed by atoms with Crippen molar-refractivity contribution in [1.29, 1.82) is 0 Å². The first-order valence-electron chi connectivity index (χ1n) is 7.79. The van der Waals surface area contributed by atoms with Gasteiger partial charge in [-0.1, -0.05) is 17.4 Å². The van der Waals surface area contributed by atoms with Crippen LogP contribution in [0.4, 0.5) is 4.39 Å². The molecule has 1 aliphatic heterocycles. The molecular weight excluding hydrogens is 383 g/mol. The van der Waals surface area contributed by atoms with Crippen molar-refractivity contribution >= 4 is 42.9 Å². The number of hydrogen-bond donors (Lipinski definition) is 0. The predicted octanol–water partition coefficient (Wildman–Crippen LogP) is 3.73. The Bertz CT molecular complexity index is 977. The maximum absolute atomic E-state index is 13.3. The zero-order valence-electron chi connectivity index (χ0n) is 13.1. The smallest absolute Gasteiger partial charge is 0.274 e. The zero-order valence-corrected chi connectivity index (χ0v) is 15.5. The van der Waals surface area contributed by atoms with Crippen molar-refractivity contribution in [3.05, 3.63) is 41.5 Å². The molecule has 0 radical (unpaired) electrons. The fourth-order valence-electron chi connectivity index (χ4n) is 2.80. The molecule has 1 aliphatic rings. The number of halogens is 1. The van der Waals surface area contributed by atoms with E-state index in [0.29, 0.717) is 40.9 Å². The van der Waals surface area contributed by atoms with Crippen LogP contribution < -0.4 is 4.74 Å². The van der Waals surface area contributed by atoms with Crippen molar-refractivity contribution in [3.63, 3.8) is 0 Å². The van der Waals surface area contributed by atoms with Crippen molar-refractivity contribution in [2.45, 2.75) is 23.2 Å². The first-order valence-corrected chi connectivity index (χ1v) is 10.9. The highest BCUT2D eigenvalue weighted by Gasteiger charge is 2.31. The van der Waals surface area contributed by atoms with Gasteiger partial charge in [0.05, 0.1) is 10.2 Å². The lowest BCUT2D eigenvalue weighted by molar-refractivity contribution is 0.135. The molecule has 25 heavy (non-hydrogen) atoms. The van der Waals surface area contributed by atoms with E-state index >= 15 is 0 Å². The van der Waals surface area contributed by atoms with E-state index in [9.17, 15) is 12.8 Å². The molecule has 2 aromatic heterocycles. The number of sulfonamides is 1. The van der Waals surface area contributed by atoms with Crippen LogP contribution in [-0.4, -0.2) is 36.9 Å². The van der Waals surface area contributed by atoms with Gasteiger partial charge in [0.25, 0.3) is 15.2 Å². The summed E-state index contributed by atoms with van der Waals surface area (Å²) in [7, 11) is -3.40. The number of thiophene rings is 1. The summed E-state index contributed by atoms with van der Waals surface area (Å²) in [4.78, 5) is 4.36. The Hall–Kier alpha value is -1.55. The van der Waals surface area contributed by atoms with Gasteiger partial charge in [0.2, 0.25) is 0 Å². The SMILES string of the molecule is O=S(=O)(c1cccs1)N1CCC(Oc2nc3ccc(F)cc3s2)CC1. The van der Waals surface area contributed by atoms with Gasteiger partial charge in [-0.05, 0) is 42.5 Å². The van der Waals surface area contributed by atoms with Crippen LogP contribution in [0.15, 0.2) is 39.9 Å². The van der Waals surface area contributed by atoms with Crippen molar-refractivity contribution in [3.8, 4) is 5.19 Å². The topological polar surface area (TPSA) is 59.5 Å². The van der Waals surface area contributed by atoms with Gasteiger partial charge in [-0.2, -0.15) is 4.31 Å². The molecule has 1 aromatic carbocycles. The average Bonchev–Trinajstić information content (AvgIpc) is 3.24. The molecule has 1 fully saturated rings. The fourth-order valence-corrected chi connectivity index (χ4v) is 6.32. The van der Waals surface area contributed by atoms with Gasteiger partial charge in [-0.3, -0.25) is 0 Å². The van der Waals surface area contributed by atoms with Crippen molar-refractivity contribution in [1.82, 2.24) is 9.29 Å². The van der Waals surface area contributed by atoms with Crippen LogP contribution >= 0.6 is 22.7 Å². The first kappa shape index (κ1) is 16.9. The highest BCUT2D eigenvalue weighted by molar-refractivity contribution is 7.91. The van der Waals surface area contributed by atoms with E-state index < -0.39 is 10.0 Å².